The average molecular weight is 399 g/mol. The second-order valence-electron chi connectivity index (χ2n) is 5.97. The quantitative estimate of drug-likeness (QED) is 0.532. The topological polar surface area (TPSA) is 72.7 Å². The highest BCUT2D eigenvalue weighted by Crippen LogP contribution is 2.22. The van der Waals surface area contributed by atoms with Crippen molar-refractivity contribution in [3.8, 4) is 11.5 Å². The van der Waals surface area contributed by atoms with E-state index in [-0.39, 0.29) is 11.4 Å². The number of aromatic nitrogens is 2. The predicted molar refractivity (Wildman–Crippen MR) is 105 cm³/mol. The van der Waals surface area contributed by atoms with Gasteiger partial charge in [-0.25, -0.2) is 18.1 Å². The van der Waals surface area contributed by atoms with Crippen LogP contribution in [-0.2, 0) is 16.6 Å². The first-order valence-corrected chi connectivity index (χ1v) is 10.6. The maximum Gasteiger partial charge on any atom is 0.240 e. The molecule has 0 aliphatic heterocycles. The summed E-state index contributed by atoms with van der Waals surface area (Å²) in [4.78, 5) is 5.46. The summed E-state index contributed by atoms with van der Waals surface area (Å²) in [6.45, 7) is 2.12. The van der Waals surface area contributed by atoms with Crippen LogP contribution >= 0.6 is 11.3 Å². The number of benzene rings is 2. The third-order valence-electron chi connectivity index (χ3n) is 3.99. The number of nitrogens with one attached hydrogen (secondary N) is 1. The van der Waals surface area contributed by atoms with Crippen molar-refractivity contribution in [3.63, 3.8) is 0 Å². The Labute approximate surface area is 161 Å². The van der Waals surface area contributed by atoms with Crippen LogP contribution in [0, 0.1) is 6.92 Å². The van der Waals surface area contributed by atoms with Crippen molar-refractivity contribution in [2.24, 2.45) is 0 Å². The minimum Gasteiger partial charge on any atom is -0.457 e. The lowest BCUT2D eigenvalue weighted by Gasteiger charge is -2.08. The Morgan fingerprint density at radius 2 is 1.78 bits per heavy atom. The molecule has 4 aromatic rings. The first-order chi connectivity index (χ1) is 13.0. The van der Waals surface area contributed by atoms with E-state index < -0.39 is 10.0 Å². The van der Waals surface area contributed by atoms with Gasteiger partial charge in [0, 0.05) is 17.3 Å². The Morgan fingerprint density at radius 1 is 1.07 bits per heavy atom. The van der Waals surface area contributed by atoms with Gasteiger partial charge < -0.3 is 4.74 Å². The van der Waals surface area contributed by atoms with Crippen LogP contribution in [0.4, 0.5) is 0 Å². The van der Waals surface area contributed by atoms with Crippen molar-refractivity contribution >= 4 is 26.3 Å². The zero-order chi connectivity index (χ0) is 18.9. The minimum absolute atomic E-state index is 0.137. The monoisotopic (exact) mass is 399 g/mol. The smallest absolute Gasteiger partial charge is 0.240 e. The van der Waals surface area contributed by atoms with Gasteiger partial charge in [-0.05, 0) is 43.3 Å². The summed E-state index contributed by atoms with van der Waals surface area (Å²) in [5, 5.41) is 2.01. The summed E-state index contributed by atoms with van der Waals surface area (Å²) >= 11 is 1.53. The van der Waals surface area contributed by atoms with Crippen molar-refractivity contribution in [2.45, 2.75) is 18.4 Å². The SMILES string of the molecule is Cc1csc2nc(CNS(=O)(=O)c3ccc(Oc4ccccc4)cc3)cn12. The lowest BCUT2D eigenvalue weighted by Crippen LogP contribution is -2.23. The zero-order valence-corrected chi connectivity index (χ0v) is 16.1. The van der Waals surface area contributed by atoms with Crippen LogP contribution < -0.4 is 9.46 Å². The highest BCUT2D eigenvalue weighted by Gasteiger charge is 2.15. The van der Waals surface area contributed by atoms with Crippen LogP contribution in [0.3, 0.4) is 0 Å². The van der Waals surface area contributed by atoms with Gasteiger partial charge in [0.15, 0.2) is 4.96 Å². The molecule has 8 heteroatoms. The molecule has 0 aliphatic carbocycles. The van der Waals surface area contributed by atoms with Crippen LogP contribution in [0.1, 0.15) is 11.4 Å². The molecule has 6 nitrogen and oxygen atoms in total. The van der Waals surface area contributed by atoms with Gasteiger partial charge in [0.25, 0.3) is 0 Å². The Morgan fingerprint density at radius 3 is 2.48 bits per heavy atom. The van der Waals surface area contributed by atoms with Crippen LogP contribution in [0.2, 0.25) is 0 Å². The van der Waals surface area contributed by atoms with Crippen molar-refractivity contribution in [3.05, 3.63) is 77.6 Å². The molecule has 0 fully saturated rings. The van der Waals surface area contributed by atoms with Gasteiger partial charge in [-0.1, -0.05) is 18.2 Å². The second kappa shape index (κ2) is 7.15. The van der Waals surface area contributed by atoms with Crippen molar-refractivity contribution < 1.29 is 13.2 Å². The normalized spacial score (nSPS) is 11.7. The Kier molecular flexibility index (Phi) is 4.69. The predicted octanol–water partition coefficient (Wildman–Crippen LogP) is 3.98. The number of para-hydroxylation sites is 1. The largest absolute Gasteiger partial charge is 0.457 e. The van der Waals surface area contributed by atoms with E-state index in [1.165, 1.54) is 23.5 Å². The lowest BCUT2D eigenvalue weighted by molar-refractivity contribution is 0.482. The average Bonchev–Trinajstić information content (AvgIpc) is 3.23. The number of hydrogen-bond donors (Lipinski definition) is 1. The number of thiazole rings is 1. The summed E-state index contributed by atoms with van der Waals surface area (Å²) in [6.07, 6.45) is 1.85. The fourth-order valence-corrected chi connectivity index (χ4v) is 4.46. The van der Waals surface area contributed by atoms with E-state index in [4.69, 9.17) is 4.74 Å². The summed E-state index contributed by atoms with van der Waals surface area (Å²) in [6, 6.07) is 15.6. The molecule has 2 aromatic heterocycles. The molecule has 0 radical (unpaired) electrons. The van der Waals surface area contributed by atoms with Gasteiger partial charge in [-0.2, -0.15) is 0 Å². The zero-order valence-electron chi connectivity index (χ0n) is 14.5. The Balaban J connectivity index is 1.44. The maximum atomic E-state index is 12.5. The molecule has 0 amide bonds. The third-order valence-corrected chi connectivity index (χ3v) is 6.37. The number of ether oxygens (including phenoxy) is 1. The van der Waals surface area contributed by atoms with E-state index in [9.17, 15) is 8.42 Å². The molecule has 1 N–H and O–H groups in total. The maximum absolute atomic E-state index is 12.5. The van der Waals surface area contributed by atoms with E-state index in [2.05, 4.69) is 9.71 Å². The molecule has 4 rings (SSSR count). The van der Waals surface area contributed by atoms with Gasteiger partial charge in [-0.15, -0.1) is 11.3 Å². The van der Waals surface area contributed by atoms with Gasteiger partial charge in [0.05, 0.1) is 17.1 Å². The van der Waals surface area contributed by atoms with Crippen LogP contribution in [0.25, 0.3) is 4.96 Å². The van der Waals surface area contributed by atoms with E-state index in [1.54, 1.807) is 12.1 Å². The van der Waals surface area contributed by atoms with Crippen molar-refractivity contribution in [2.75, 3.05) is 0 Å². The standard InChI is InChI=1S/C19H17N3O3S2/c1-14-13-26-19-21-15(12-22(14)19)11-20-27(23,24)18-9-7-17(8-10-18)25-16-5-3-2-4-6-16/h2-10,12-13,20H,11H2,1H3. The number of aryl methyl sites for hydroxylation is 1. The Bertz CT molecular complexity index is 1160. The third kappa shape index (κ3) is 3.87. The number of fused-ring (bicyclic) bond motifs is 1. The van der Waals surface area contributed by atoms with Crippen LogP contribution in [0.5, 0.6) is 11.5 Å². The lowest BCUT2D eigenvalue weighted by atomic mass is 10.3. The highest BCUT2D eigenvalue weighted by molar-refractivity contribution is 7.89. The minimum atomic E-state index is -3.63. The molecule has 0 unspecified atom stereocenters. The van der Waals surface area contributed by atoms with Gasteiger partial charge >= 0.3 is 0 Å². The van der Waals surface area contributed by atoms with Gasteiger partial charge in [0.1, 0.15) is 11.5 Å². The fraction of sp³-hybridized carbons (Fsp3) is 0.105. The Hall–Kier alpha value is -2.68. The van der Waals surface area contributed by atoms with Gasteiger partial charge in [-0.3, -0.25) is 4.40 Å². The number of nitrogens with zero attached hydrogens (tertiary/aromatic N) is 2. The first-order valence-electron chi connectivity index (χ1n) is 8.26. The molecule has 0 saturated carbocycles. The summed E-state index contributed by atoms with van der Waals surface area (Å²) in [5.41, 5.74) is 1.75. The van der Waals surface area contributed by atoms with Crippen molar-refractivity contribution in [1.82, 2.24) is 14.1 Å². The molecule has 27 heavy (non-hydrogen) atoms. The number of hydrogen-bond acceptors (Lipinski definition) is 5. The summed E-state index contributed by atoms with van der Waals surface area (Å²) in [7, 11) is -3.63. The van der Waals surface area contributed by atoms with Crippen LogP contribution in [-0.4, -0.2) is 17.8 Å². The number of rotatable bonds is 6. The van der Waals surface area contributed by atoms with Crippen molar-refractivity contribution in [1.29, 1.82) is 0 Å². The van der Waals surface area contributed by atoms with E-state index in [1.807, 2.05) is 53.2 Å². The molecule has 2 aromatic carbocycles. The van der Waals surface area contributed by atoms with Crippen LogP contribution in [0.15, 0.2) is 71.1 Å². The van der Waals surface area contributed by atoms with E-state index >= 15 is 0 Å². The fourth-order valence-electron chi connectivity index (χ4n) is 2.59. The number of imidazole rings is 1. The highest BCUT2D eigenvalue weighted by atomic mass is 32.2. The summed E-state index contributed by atoms with van der Waals surface area (Å²) < 4.78 is 35.2. The first kappa shape index (κ1) is 17.7. The van der Waals surface area contributed by atoms with E-state index in [0.29, 0.717) is 17.2 Å². The molecule has 0 bridgehead atoms. The molecule has 0 spiro atoms. The molecule has 0 aliphatic rings. The van der Waals surface area contributed by atoms with E-state index in [0.717, 1.165) is 10.7 Å². The molecule has 138 valence electrons. The summed E-state index contributed by atoms with van der Waals surface area (Å²) in [5.74, 6) is 1.27. The molecule has 0 saturated heterocycles. The molecular formula is C19H17N3O3S2. The van der Waals surface area contributed by atoms with Gasteiger partial charge in [0.2, 0.25) is 10.0 Å². The molecule has 0 atom stereocenters. The number of sulfonamides is 1. The molecule has 2 heterocycles. The second-order valence-corrected chi connectivity index (χ2v) is 8.58. The molecular weight excluding hydrogens is 382 g/mol.